The number of carbonyl (C=O) groups is 2. The topological polar surface area (TPSA) is 95.6 Å². The average Bonchev–Trinajstić information content (AvgIpc) is 3.31. The molecule has 10 heteroatoms. The highest BCUT2D eigenvalue weighted by atomic mass is 35.5. The largest absolute Gasteiger partial charge is 0.346 e. The van der Waals surface area contributed by atoms with Crippen molar-refractivity contribution in [1.29, 1.82) is 0 Å². The maximum Gasteiger partial charge on any atom is 0.313 e. The summed E-state index contributed by atoms with van der Waals surface area (Å²) in [6.45, 7) is 0.474. The molecule has 1 atom stereocenters. The minimum Gasteiger partial charge on any atom is -0.346 e. The highest BCUT2D eigenvalue weighted by molar-refractivity contribution is 7.91. The number of nitrogens with one attached hydrogen (secondary N) is 2. The van der Waals surface area contributed by atoms with Crippen molar-refractivity contribution < 1.29 is 18.0 Å². The molecule has 1 aromatic heterocycles. The zero-order chi connectivity index (χ0) is 19.4. The molecule has 1 aliphatic heterocycles. The molecule has 3 rings (SSSR count). The van der Waals surface area contributed by atoms with Crippen LogP contribution in [0.5, 0.6) is 0 Å². The van der Waals surface area contributed by atoms with Crippen molar-refractivity contribution in [1.82, 2.24) is 9.62 Å². The fraction of sp³-hybridized carbons (Fsp3) is 0.294. The minimum atomic E-state index is -3.58. The summed E-state index contributed by atoms with van der Waals surface area (Å²) in [6, 6.07) is 9.32. The van der Waals surface area contributed by atoms with Gasteiger partial charge in [0, 0.05) is 29.8 Å². The van der Waals surface area contributed by atoms with E-state index in [1.165, 1.54) is 10.4 Å². The lowest BCUT2D eigenvalue weighted by molar-refractivity contribution is -0.136. The van der Waals surface area contributed by atoms with E-state index in [1.54, 1.807) is 35.7 Å². The second-order valence-electron chi connectivity index (χ2n) is 6.02. The number of thiophene rings is 1. The van der Waals surface area contributed by atoms with Gasteiger partial charge < -0.3 is 10.6 Å². The number of benzene rings is 1. The first kappa shape index (κ1) is 19.8. The Hall–Kier alpha value is -1.94. The van der Waals surface area contributed by atoms with Gasteiger partial charge in [-0.25, -0.2) is 8.42 Å². The molecule has 7 nitrogen and oxygen atoms in total. The lowest BCUT2D eigenvalue weighted by Crippen LogP contribution is -2.45. The number of anilines is 1. The van der Waals surface area contributed by atoms with Crippen molar-refractivity contribution in [2.45, 2.75) is 23.1 Å². The maximum atomic E-state index is 12.7. The lowest BCUT2D eigenvalue weighted by Gasteiger charge is -2.23. The highest BCUT2D eigenvalue weighted by Crippen LogP contribution is 2.28. The fourth-order valence-electron chi connectivity index (χ4n) is 2.90. The second-order valence-corrected chi connectivity index (χ2v) is 9.52. The Morgan fingerprint density at radius 3 is 2.74 bits per heavy atom. The number of hydrogen-bond donors (Lipinski definition) is 2. The molecule has 0 spiro atoms. The Morgan fingerprint density at radius 1 is 1.22 bits per heavy atom. The summed E-state index contributed by atoms with van der Waals surface area (Å²) in [5.74, 6) is -1.65. The standard InChI is InChI=1S/C17H18ClN3O4S2/c18-12-4-1-5-13(10-12)20-17(23)16(22)19-11-14-6-2-8-21(14)27(24,25)15-7-3-9-26-15/h1,3-5,7,9-10,14H,2,6,8,11H2,(H,19,22)(H,20,23)/t14-/m1/s1. The second kappa shape index (κ2) is 8.39. The average molecular weight is 428 g/mol. The molecular weight excluding hydrogens is 410 g/mol. The third-order valence-electron chi connectivity index (χ3n) is 4.17. The number of halogens is 1. The van der Waals surface area contributed by atoms with Crippen molar-refractivity contribution in [2.24, 2.45) is 0 Å². The number of nitrogens with zero attached hydrogens (tertiary/aromatic N) is 1. The van der Waals surface area contributed by atoms with Gasteiger partial charge in [-0.1, -0.05) is 23.7 Å². The number of hydrogen-bond acceptors (Lipinski definition) is 5. The highest BCUT2D eigenvalue weighted by Gasteiger charge is 2.36. The van der Waals surface area contributed by atoms with Crippen LogP contribution in [0.2, 0.25) is 5.02 Å². The van der Waals surface area contributed by atoms with Crippen molar-refractivity contribution in [3.8, 4) is 0 Å². The van der Waals surface area contributed by atoms with Crippen molar-refractivity contribution >= 4 is 50.5 Å². The monoisotopic (exact) mass is 427 g/mol. The van der Waals surface area contributed by atoms with Gasteiger partial charge in [0.1, 0.15) is 4.21 Å². The van der Waals surface area contributed by atoms with E-state index in [0.717, 1.165) is 11.3 Å². The molecule has 2 aromatic rings. The van der Waals surface area contributed by atoms with Crippen LogP contribution in [-0.4, -0.2) is 43.7 Å². The van der Waals surface area contributed by atoms with E-state index in [0.29, 0.717) is 30.1 Å². The van der Waals surface area contributed by atoms with Crippen LogP contribution in [0.3, 0.4) is 0 Å². The SMILES string of the molecule is O=C(NC[C@H]1CCCN1S(=O)(=O)c1cccs1)C(=O)Nc1cccc(Cl)c1. The fourth-order valence-corrected chi connectivity index (χ4v) is 5.90. The molecule has 2 N–H and O–H groups in total. The van der Waals surface area contributed by atoms with E-state index in [2.05, 4.69) is 10.6 Å². The number of amides is 2. The summed E-state index contributed by atoms with van der Waals surface area (Å²) in [5, 5.41) is 7.12. The van der Waals surface area contributed by atoms with Crippen molar-refractivity contribution in [3.63, 3.8) is 0 Å². The quantitative estimate of drug-likeness (QED) is 0.716. The zero-order valence-electron chi connectivity index (χ0n) is 14.2. The first-order valence-corrected chi connectivity index (χ1v) is 11.0. The lowest BCUT2D eigenvalue weighted by atomic mass is 10.2. The van der Waals surface area contributed by atoms with Crippen LogP contribution in [0.15, 0.2) is 46.0 Å². The normalized spacial score (nSPS) is 17.6. The van der Waals surface area contributed by atoms with Gasteiger partial charge in [0.25, 0.3) is 10.0 Å². The van der Waals surface area contributed by atoms with E-state index >= 15 is 0 Å². The van der Waals surface area contributed by atoms with Crippen LogP contribution in [-0.2, 0) is 19.6 Å². The van der Waals surface area contributed by atoms with E-state index < -0.39 is 21.8 Å². The molecular formula is C17H18ClN3O4S2. The Labute approximate surface area is 166 Å². The Morgan fingerprint density at radius 2 is 2.04 bits per heavy atom. The molecule has 1 aromatic carbocycles. The summed E-state index contributed by atoms with van der Waals surface area (Å²) in [7, 11) is -3.58. The van der Waals surface area contributed by atoms with Crippen LogP contribution in [0.25, 0.3) is 0 Å². The Balaban J connectivity index is 1.58. The molecule has 1 aliphatic rings. The minimum absolute atomic E-state index is 0.0758. The van der Waals surface area contributed by atoms with Crippen LogP contribution < -0.4 is 10.6 Å². The summed E-state index contributed by atoms with van der Waals surface area (Å²) in [5.41, 5.74) is 0.408. The van der Waals surface area contributed by atoms with E-state index in [-0.39, 0.29) is 16.8 Å². The number of rotatable bonds is 5. The van der Waals surface area contributed by atoms with Crippen molar-refractivity contribution in [2.75, 3.05) is 18.4 Å². The van der Waals surface area contributed by atoms with Gasteiger partial charge in [0.2, 0.25) is 0 Å². The molecule has 0 bridgehead atoms. The summed E-state index contributed by atoms with van der Waals surface area (Å²) in [6.07, 6.45) is 1.33. The van der Waals surface area contributed by atoms with Gasteiger partial charge in [-0.2, -0.15) is 4.31 Å². The van der Waals surface area contributed by atoms with Gasteiger partial charge in [0.05, 0.1) is 0 Å². The van der Waals surface area contributed by atoms with Gasteiger partial charge in [-0.3, -0.25) is 9.59 Å². The van der Waals surface area contributed by atoms with Crippen LogP contribution in [0.4, 0.5) is 5.69 Å². The molecule has 0 radical (unpaired) electrons. The molecule has 1 saturated heterocycles. The number of sulfonamides is 1. The van der Waals surface area contributed by atoms with Crippen LogP contribution in [0, 0.1) is 0 Å². The smallest absolute Gasteiger partial charge is 0.313 e. The molecule has 144 valence electrons. The third-order valence-corrected chi connectivity index (χ3v) is 7.73. The molecule has 0 aliphatic carbocycles. The van der Waals surface area contributed by atoms with E-state index in [1.807, 2.05) is 0 Å². The van der Waals surface area contributed by atoms with Crippen molar-refractivity contribution in [3.05, 3.63) is 46.8 Å². The zero-order valence-corrected chi connectivity index (χ0v) is 16.6. The molecule has 2 amide bonds. The molecule has 2 heterocycles. The van der Waals surface area contributed by atoms with E-state index in [4.69, 9.17) is 11.6 Å². The molecule has 1 fully saturated rings. The third kappa shape index (κ3) is 4.67. The maximum absolute atomic E-state index is 12.7. The first-order valence-electron chi connectivity index (χ1n) is 8.28. The van der Waals surface area contributed by atoms with Gasteiger partial charge in [0.15, 0.2) is 0 Å². The molecule has 27 heavy (non-hydrogen) atoms. The van der Waals surface area contributed by atoms with Crippen LogP contribution in [0.1, 0.15) is 12.8 Å². The van der Waals surface area contributed by atoms with Gasteiger partial charge >= 0.3 is 11.8 Å². The predicted molar refractivity (Wildman–Crippen MR) is 104 cm³/mol. The van der Waals surface area contributed by atoms with Gasteiger partial charge in [-0.05, 0) is 42.5 Å². The summed E-state index contributed by atoms with van der Waals surface area (Å²) in [4.78, 5) is 24.0. The summed E-state index contributed by atoms with van der Waals surface area (Å²) < 4.78 is 27.1. The Bertz CT molecular complexity index is 931. The first-order chi connectivity index (χ1) is 12.9. The number of carbonyl (C=O) groups excluding carboxylic acids is 2. The van der Waals surface area contributed by atoms with Gasteiger partial charge in [-0.15, -0.1) is 11.3 Å². The van der Waals surface area contributed by atoms with Crippen LogP contribution >= 0.6 is 22.9 Å². The molecule has 0 saturated carbocycles. The molecule has 0 unspecified atom stereocenters. The van der Waals surface area contributed by atoms with E-state index in [9.17, 15) is 18.0 Å². The Kier molecular flexibility index (Phi) is 6.15. The summed E-state index contributed by atoms with van der Waals surface area (Å²) >= 11 is 7.00. The predicted octanol–water partition coefficient (Wildman–Crippen LogP) is 2.31.